The van der Waals surface area contributed by atoms with Crippen LogP contribution in [0.4, 0.5) is 0 Å². The average molecular weight is 247 g/mol. The van der Waals surface area contributed by atoms with Crippen molar-refractivity contribution in [3.8, 4) is 0 Å². The van der Waals surface area contributed by atoms with Crippen molar-refractivity contribution in [2.24, 2.45) is 0 Å². The minimum Gasteiger partial charge on any atom is -0.460 e. The molecule has 3 nitrogen and oxygen atoms in total. The molecule has 1 saturated heterocycles. The third kappa shape index (κ3) is 3.57. The summed E-state index contributed by atoms with van der Waals surface area (Å²) in [5.41, 5.74) is 1.04. The first-order valence-corrected chi connectivity index (χ1v) is 6.76. The summed E-state index contributed by atoms with van der Waals surface area (Å²) >= 11 is 0. The quantitative estimate of drug-likeness (QED) is 0.813. The number of nitrogens with one attached hydrogen (secondary N) is 1. The van der Waals surface area contributed by atoms with Crippen molar-refractivity contribution in [2.75, 3.05) is 0 Å². The van der Waals surface area contributed by atoms with Gasteiger partial charge in [0, 0.05) is 6.04 Å². The molecule has 2 atom stereocenters. The smallest absolute Gasteiger partial charge is 0.323 e. The van der Waals surface area contributed by atoms with E-state index in [0.29, 0.717) is 12.6 Å². The van der Waals surface area contributed by atoms with Gasteiger partial charge in [-0.05, 0) is 24.8 Å². The number of rotatable bonds is 5. The highest BCUT2D eigenvalue weighted by molar-refractivity contribution is 5.76. The number of esters is 1. The summed E-state index contributed by atoms with van der Waals surface area (Å²) in [6.07, 6.45) is 4.28. The second-order valence-electron chi connectivity index (χ2n) is 4.88. The van der Waals surface area contributed by atoms with Crippen molar-refractivity contribution >= 4 is 5.97 Å². The summed E-state index contributed by atoms with van der Waals surface area (Å²) in [5, 5.41) is 3.35. The van der Waals surface area contributed by atoms with E-state index in [9.17, 15) is 4.79 Å². The fourth-order valence-corrected chi connectivity index (χ4v) is 2.41. The molecular formula is C15H21NO2. The van der Waals surface area contributed by atoms with E-state index in [-0.39, 0.29) is 12.0 Å². The Balaban J connectivity index is 1.76. The van der Waals surface area contributed by atoms with Gasteiger partial charge in [0.2, 0.25) is 0 Å². The van der Waals surface area contributed by atoms with Crippen molar-refractivity contribution in [1.82, 2.24) is 5.32 Å². The van der Waals surface area contributed by atoms with Crippen molar-refractivity contribution in [3.05, 3.63) is 35.9 Å². The second kappa shape index (κ2) is 6.55. The third-order valence-corrected chi connectivity index (χ3v) is 3.39. The normalized spacial score (nSPS) is 22.9. The van der Waals surface area contributed by atoms with E-state index in [1.807, 2.05) is 30.3 Å². The minimum absolute atomic E-state index is 0.106. The Bertz CT molecular complexity index is 377. The zero-order valence-corrected chi connectivity index (χ0v) is 10.9. The summed E-state index contributed by atoms with van der Waals surface area (Å²) in [6.45, 7) is 2.54. The number of carbonyl (C=O) groups excluding carboxylic acids is 1. The highest BCUT2D eigenvalue weighted by atomic mass is 16.5. The monoisotopic (exact) mass is 247 g/mol. The van der Waals surface area contributed by atoms with Crippen LogP contribution in [-0.2, 0) is 16.1 Å². The van der Waals surface area contributed by atoms with Crippen LogP contribution in [0.5, 0.6) is 0 Å². The van der Waals surface area contributed by atoms with E-state index in [1.165, 1.54) is 0 Å². The molecule has 18 heavy (non-hydrogen) atoms. The Labute approximate surface area is 109 Å². The maximum Gasteiger partial charge on any atom is 0.323 e. The van der Waals surface area contributed by atoms with E-state index >= 15 is 0 Å². The average Bonchev–Trinajstić information content (AvgIpc) is 2.86. The van der Waals surface area contributed by atoms with Crippen LogP contribution in [0.3, 0.4) is 0 Å². The van der Waals surface area contributed by atoms with Gasteiger partial charge in [0.15, 0.2) is 0 Å². The minimum atomic E-state index is -0.113. The molecule has 2 rings (SSSR count). The van der Waals surface area contributed by atoms with Gasteiger partial charge in [-0.3, -0.25) is 4.79 Å². The van der Waals surface area contributed by atoms with E-state index < -0.39 is 0 Å². The first-order chi connectivity index (χ1) is 8.79. The van der Waals surface area contributed by atoms with Crippen LogP contribution in [0.2, 0.25) is 0 Å². The summed E-state index contributed by atoms with van der Waals surface area (Å²) in [6, 6.07) is 10.2. The molecule has 0 aliphatic carbocycles. The van der Waals surface area contributed by atoms with Crippen molar-refractivity contribution in [1.29, 1.82) is 0 Å². The fourth-order valence-electron chi connectivity index (χ4n) is 2.41. The SMILES string of the molecule is CCCC1CCC(C(=O)OCc2ccccc2)N1. The largest absolute Gasteiger partial charge is 0.460 e. The van der Waals surface area contributed by atoms with Gasteiger partial charge in [0.1, 0.15) is 12.6 Å². The van der Waals surface area contributed by atoms with Crippen LogP contribution in [0.25, 0.3) is 0 Å². The lowest BCUT2D eigenvalue weighted by Crippen LogP contribution is -2.36. The van der Waals surface area contributed by atoms with Crippen LogP contribution in [0, 0.1) is 0 Å². The van der Waals surface area contributed by atoms with Gasteiger partial charge in [0.05, 0.1) is 0 Å². The second-order valence-corrected chi connectivity index (χ2v) is 4.88. The van der Waals surface area contributed by atoms with Gasteiger partial charge >= 0.3 is 5.97 Å². The van der Waals surface area contributed by atoms with Crippen molar-refractivity contribution < 1.29 is 9.53 Å². The maximum atomic E-state index is 11.9. The molecule has 1 aromatic carbocycles. The van der Waals surface area contributed by atoms with Crippen LogP contribution < -0.4 is 5.32 Å². The number of hydrogen-bond acceptors (Lipinski definition) is 3. The molecule has 0 aromatic heterocycles. The van der Waals surface area contributed by atoms with Gasteiger partial charge < -0.3 is 10.1 Å². The standard InChI is InChI=1S/C15H21NO2/c1-2-6-13-9-10-14(16-13)15(17)18-11-12-7-4-3-5-8-12/h3-5,7-8,13-14,16H,2,6,9-11H2,1H3. The predicted molar refractivity (Wildman–Crippen MR) is 71.1 cm³/mol. The van der Waals surface area contributed by atoms with Gasteiger partial charge in [-0.1, -0.05) is 43.7 Å². The predicted octanol–water partition coefficient (Wildman–Crippen LogP) is 2.65. The summed E-state index contributed by atoms with van der Waals surface area (Å²) in [4.78, 5) is 11.9. The molecule has 0 radical (unpaired) electrons. The fraction of sp³-hybridized carbons (Fsp3) is 0.533. The first-order valence-electron chi connectivity index (χ1n) is 6.76. The highest BCUT2D eigenvalue weighted by Gasteiger charge is 2.29. The number of benzene rings is 1. The molecule has 98 valence electrons. The topological polar surface area (TPSA) is 38.3 Å². The van der Waals surface area contributed by atoms with Gasteiger partial charge in [-0.15, -0.1) is 0 Å². The summed E-state index contributed by atoms with van der Waals surface area (Å²) < 4.78 is 5.34. The van der Waals surface area contributed by atoms with E-state index in [2.05, 4.69) is 12.2 Å². The molecule has 0 bridgehead atoms. The molecular weight excluding hydrogens is 226 g/mol. The molecule has 1 aliphatic rings. The molecule has 0 spiro atoms. The van der Waals surface area contributed by atoms with Crippen LogP contribution in [0.15, 0.2) is 30.3 Å². The van der Waals surface area contributed by atoms with Gasteiger partial charge in [0.25, 0.3) is 0 Å². The van der Waals surface area contributed by atoms with E-state index in [0.717, 1.165) is 31.2 Å². The van der Waals surface area contributed by atoms with Crippen LogP contribution in [-0.4, -0.2) is 18.1 Å². The maximum absolute atomic E-state index is 11.9. The number of ether oxygens (including phenoxy) is 1. The number of carbonyl (C=O) groups is 1. The lowest BCUT2D eigenvalue weighted by atomic mass is 10.1. The zero-order valence-electron chi connectivity index (χ0n) is 10.9. The van der Waals surface area contributed by atoms with Crippen LogP contribution in [0.1, 0.15) is 38.2 Å². The molecule has 2 unspecified atom stereocenters. The third-order valence-electron chi connectivity index (χ3n) is 3.39. The number of hydrogen-bond donors (Lipinski definition) is 1. The highest BCUT2D eigenvalue weighted by Crippen LogP contribution is 2.17. The van der Waals surface area contributed by atoms with Crippen molar-refractivity contribution in [2.45, 2.75) is 51.3 Å². The van der Waals surface area contributed by atoms with E-state index in [1.54, 1.807) is 0 Å². The zero-order chi connectivity index (χ0) is 12.8. The Morgan fingerprint density at radius 2 is 2.11 bits per heavy atom. The molecule has 3 heteroatoms. The van der Waals surface area contributed by atoms with Crippen molar-refractivity contribution in [3.63, 3.8) is 0 Å². The lowest BCUT2D eigenvalue weighted by Gasteiger charge is -2.13. The first kappa shape index (κ1) is 13.1. The Morgan fingerprint density at radius 3 is 2.83 bits per heavy atom. The molecule has 1 N–H and O–H groups in total. The summed E-state index contributed by atoms with van der Waals surface area (Å²) in [7, 11) is 0. The lowest BCUT2D eigenvalue weighted by molar-refractivity contribution is -0.147. The Hall–Kier alpha value is -1.35. The molecule has 1 heterocycles. The molecule has 1 aliphatic heterocycles. The summed E-state index contributed by atoms with van der Waals surface area (Å²) in [5.74, 6) is -0.113. The Morgan fingerprint density at radius 1 is 1.33 bits per heavy atom. The Kier molecular flexibility index (Phi) is 4.76. The molecule has 0 saturated carbocycles. The molecule has 0 amide bonds. The van der Waals surface area contributed by atoms with Gasteiger partial charge in [-0.25, -0.2) is 0 Å². The van der Waals surface area contributed by atoms with Crippen LogP contribution >= 0.6 is 0 Å². The van der Waals surface area contributed by atoms with Gasteiger partial charge in [-0.2, -0.15) is 0 Å². The molecule has 1 fully saturated rings. The molecule has 1 aromatic rings. The van der Waals surface area contributed by atoms with E-state index in [4.69, 9.17) is 4.74 Å².